The fraction of sp³-hybridized carbons (Fsp3) is 0.692. The molecule has 0 bridgehead atoms. The van der Waals surface area contributed by atoms with Crippen LogP contribution in [0.5, 0.6) is 0 Å². The summed E-state index contributed by atoms with van der Waals surface area (Å²) < 4.78 is 6.07. The first-order chi connectivity index (χ1) is 7.69. The van der Waals surface area contributed by atoms with E-state index in [1.807, 2.05) is 0 Å². The maximum atomic E-state index is 6.13. The molecule has 0 spiro atoms. The standard InChI is InChI=1S/C13H23NOS/c1-4-7-10(3)15-13(11(14)5-2)12-8-6-9-16-12/h6,8-11,13H,4-5,7,14H2,1-3H3. The molecule has 3 unspecified atom stereocenters. The summed E-state index contributed by atoms with van der Waals surface area (Å²) in [6.07, 6.45) is 3.54. The van der Waals surface area contributed by atoms with E-state index in [4.69, 9.17) is 10.5 Å². The first-order valence-electron chi connectivity index (χ1n) is 6.13. The number of thiophene rings is 1. The van der Waals surface area contributed by atoms with Gasteiger partial charge in [-0.15, -0.1) is 11.3 Å². The maximum Gasteiger partial charge on any atom is 0.107 e. The average molecular weight is 241 g/mol. The molecule has 92 valence electrons. The molecule has 0 saturated heterocycles. The highest BCUT2D eigenvalue weighted by atomic mass is 32.1. The number of rotatable bonds is 7. The average Bonchev–Trinajstić information content (AvgIpc) is 2.78. The van der Waals surface area contributed by atoms with Gasteiger partial charge in [0.15, 0.2) is 0 Å². The summed E-state index contributed by atoms with van der Waals surface area (Å²) in [6, 6.07) is 4.27. The van der Waals surface area contributed by atoms with Gasteiger partial charge in [0.2, 0.25) is 0 Å². The van der Waals surface area contributed by atoms with Crippen LogP contribution in [-0.2, 0) is 4.74 Å². The Balaban J connectivity index is 2.65. The van der Waals surface area contributed by atoms with Crippen molar-refractivity contribution in [1.29, 1.82) is 0 Å². The molecule has 1 heterocycles. The van der Waals surface area contributed by atoms with Gasteiger partial charge in [0.25, 0.3) is 0 Å². The van der Waals surface area contributed by atoms with Crippen LogP contribution in [0.3, 0.4) is 0 Å². The second-order valence-corrected chi connectivity index (χ2v) is 5.22. The van der Waals surface area contributed by atoms with Crippen LogP contribution in [0.4, 0.5) is 0 Å². The monoisotopic (exact) mass is 241 g/mol. The third kappa shape index (κ3) is 3.89. The summed E-state index contributed by atoms with van der Waals surface area (Å²) in [5, 5.41) is 2.08. The lowest BCUT2D eigenvalue weighted by Gasteiger charge is -2.26. The number of ether oxygens (including phenoxy) is 1. The molecule has 1 rings (SSSR count). The number of hydrogen-bond acceptors (Lipinski definition) is 3. The van der Waals surface area contributed by atoms with Crippen molar-refractivity contribution in [1.82, 2.24) is 0 Å². The molecule has 0 amide bonds. The molecule has 2 N–H and O–H groups in total. The zero-order valence-electron chi connectivity index (χ0n) is 10.5. The summed E-state index contributed by atoms with van der Waals surface area (Å²) in [7, 11) is 0. The van der Waals surface area contributed by atoms with Crippen molar-refractivity contribution in [2.75, 3.05) is 0 Å². The Kier molecular flexibility index (Phi) is 6.03. The fourth-order valence-electron chi connectivity index (χ4n) is 1.77. The second-order valence-electron chi connectivity index (χ2n) is 4.24. The quantitative estimate of drug-likeness (QED) is 0.789. The zero-order valence-corrected chi connectivity index (χ0v) is 11.3. The predicted molar refractivity (Wildman–Crippen MR) is 70.8 cm³/mol. The molecule has 16 heavy (non-hydrogen) atoms. The van der Waals surface area contributed by atoms with Crippen LogP contribution in [0.15, 0.2) is 17.5 Å². The van der Waals surface area contributed by atoms with Gasteiger partial charge in [-0.3, -0.25) is 0 Å². The van der Waals surface area contributed by atoms with E-state index in [0.29, 0.717) is 0 Å². The normalized spacial score (nSPS) is 17.0. The molecule has 3 atom stereocenters. The van der Waals surface area contributed by atoms with Crippen molar-refractivity contribution in [2.24, 2.45) is 5.73 Å². The maximum absolute atomic E-state index is 6.13. The Bertz CT molecular complexity index is 273. The van der Waals surface area contributed by atoms with Crippen LogP contribution in [0.1, 0.15) is 51.0 Å². The van der Waals surface area contributed by atoms with Crippen LogP contribution >= 0.6 is 11.3 Å². The lowest BCUT2D eigenvalue weighted by atomic mass is 10.1. The van der Waals surface area contributed by atoms with E-state index >= 15 is 0 Å². The van der Waals surface area contributed by atoms with Crippen molar-refractivity contribution in [3.8, 4) is 0 Å². The summed E-state index contributed by atoms with van der Waals surface area (Å²) in [6.45, 7) is 6.42. The van der Waals surface area contributed by atoms with Crippen LogP contribution in [-0.4, -0.2) is 12.1 Å². The molecule has 3 heteroatoms. The second kappa shape index (κ2) is 7.05. The van der Waals surface area contributed by atoms with E-state index in [0.717, 1.165) is 19.3 Å². The molecular formula is C13H23NOS. The van der Waals surface area contributed by atoms with Gasteiger partial charge in [-0.2, -0.15) is 0 Å². The molecule has 1 aromatic heterocycles. The van der Waals surface area contributed by atoms with Crippen molar-refractivity contribution in [2.45, 2.75) is 58.3 Å². The first-order valence-corrected chi connectivity index (χ1v) is 7.01. The van der Waals surface area contributed by atoms with Crippen molar-refractivity contribution < 1.29 is 4.74 Å². The van der Waals surface area contributed by atoms with Crippen LogP contribution < -0.4 is 5.73 Å². The van der Waals surface area contributed by atoms with E-state index in [9.17, 15) is 0 Å². The molecule has 0 aromatic carbocycles. The van der Waals surface area contributed by atoms with Gasteiger partial charge in [-0.25, -0.2) is 0 Å². The van der Waals surface area contributed by atoms with Crippen molar-refractivity contribution in [3.63, 3.8) is 0 Å². The van der Waals surface area contributed by atoms with E-state index in [1.165, 1.54) is 4.88 Å². The molecule has 0 radical (unpaired) electrons. The summed E-state index contributed by atoms with van der Waals surface area (Å²) >= 11 is 1.73. The van der Waals surface area contributed by atoms with Gasteiger partial charge < -0.3 is 10.5 Å². The number of nitrogens with two attached hydrogens (primary N) is 1. The van der Waals surface area contributed by atoms with E-state index < -0.39 is 0 Å². The molecule has 1 aromatic rings. The van der Waals surface area contributed by atoms with Gasteiger partial charge in [0.1, 0.15) is 6.10 Å². The lowest BCUT2D eigenvalue weighted by molar-refractivity contribution is -0.0202. The van der Waals surface area contributed by atoms with Gasteiger partial charge in [-0.05, 0) is 31.2 Å². The first kappa shape index (κ1) is 13.7. The fourth-order valence-corrected chi connectivity index (χ4v) is 2.61. The third-order valence-corrected chi connectivity index (χ3v) is 3.69. The molecule has 0 aliphatic heterocycles. The smallest absolute Gasteiger partial charge is 0.107 e. The Morgan fingerprint density at radius 3 is 2.69 bits per heavy atom. The summed E-state index contributed by atoms with van der Waals surface area (Å²) in [5.74, 6) is 0. The minimum Gasteiger partial charge on any atom is -0.368 e. The summed E-state index contributed by atoms with van der Waals surface area (Å²) in [5.41, 5.74) is 6.13. The molecule has 0 aliphatic rings. The van der Waals surface area contributed by atoms with E-state index in [-0.39, 0.29) is 18.2 Å². The highest BCUT2D eigenvalue weighted by Gasteiger charge is 2.22. The number of hydrogen-bond donors (Lipinski definition) is 1. The Hall–Kier alpha value is -0.380. The molecule has 0 saturated carbocycles. The van der Waals surface area contributed by atoms with Gasteiger partial charge in [0.05, 0.1) is 6.10 Å². The molecular weight excluding hydrogens is 218 g/mol. The Morgan fingerprint density at radius 2 is 2.19 bits per heavy atom. The largest absolute Gasteiger partial charge is 0.368 e. The van der Waals surface area contributed by atoms with Gasteiger partial charge in [-0.1, -0.05) is 26.3 Å². The van der Waals surface area contributed by atoms with Crippen LogP contribution in [0.25, 0.3) is 0 Å². The minimum atomic E-state index is 0.0616. The molecule has 2 nitrogen and oxygen atoms in total. The highest BCUT2D eigenvalue weighted by Crippen LogP contribution is 2.28. The summed E-state index contributed by atoms with van der Waals surface area (Å²) in [4.78, 5) is 1.25. The third-order valence-electron chi connectivity index (χ3n) is 2.76. The Morgan fingerprint density at radius 1 is 1.44 bits per heavy atom. The van der Waals surface area contributed by atoms with Crippen molar-refractivity contribution in [3.05, 3.63) is 22.4 Å². The predicted octanol–water partition coefficient (Wildman–Crippen LogP) is 3.73. The minimum absolute atomic E-state index is 0.0616. The van der Waals surface area contributed by atoms with Gasteiger partial charge >= 0.3 is 0 Å². The zero-order chi connectivity index (χ0) is 12.0. The highest BCUT2D eigenvalue weighted by molar-refractivity contribution is 7.10. The van der Waals surface area contributed by atoms with Crippen LogP contribution in [0, 0.1) is 0 Å². The molecule has 0 fully saturated rings. The topological polar surface area (TPSA) is 35.2 Å². The van der Waals surface area contributed by atoms with Gasteiger partial charge in [0, 0.05) is 10.9 Å². The SMILES string of the molecule is CCCC(C)OC(c1cccs1)C(N)CC. The van der Waals surface area contributed by atoms with Crippen LogP contribution in [0.2, 0.25) is 0 Å². The molecule has 0 aliphatic carbocycles. The lowest BCUT2D eigenvalue weighted by Crippen LogP contribution is -2.31. The van der Waals surface area contributed by atoms with Crippen molar-refractivity contribution >= 4 is 11.3 Å². The van der Waals surface area contributed by atoms with E-state index in [2.05, 4.69) is 38.3 Å². The Labute approximate surface area is 103 Å². The van der Waals surface area contributed by atoms with E-state index in [1.54, 1.807) is 11.3 Å².